The molecule has 5 N–H and O–H groups in total. The number of hydrogen-bond acceptors (Lipinski definition) is 9. The number of aliphatic hydroxyl groups is 2. The van der Waals surface area contributed by atoms with E-state index < -0.39 is 73.4 Å². The number of halogens is 3. The quantitative estimate of drug-likeness (QED) is 0.154. The molecule has 3 heterocycles. The van der Waals surface area contributed by atoms with Gasteiger partial charge in [-0.2, -0.15) is 0 Å². The summed E-state index contributed by atoms with van der Waals surface area (Å²) in [4.78, 5) is 47.8. The number of nitrogens with zero attached hydrogens (tertiary/aromatic N) is 3. The highest BCUT2D eigenvalue weighted by Gasteiger charge is 2.45. The molecule has 4 atom stereocenters. The Morgan fingerprint density at radius 3 is 2.29 bits per heavy atom. The Morgan fingerprint density at radius 2 is 1.71 bits per heavy atom. The number of aromatic nitrogens is 2. The highest BCUT2D eigenvalue weighted by molar-refractivity contribution is 6.72. The second kappa shape index (κ2) is 15.3. The van der Waals surface area contributed by atoms with Crippen LogP contribution in [0.15, 0.2) is 42.7 Å². The van der Waals surface area contributed by atoms with Crippen molar-refractivity contribution in [2.24, 2.45) is 11.8 Å². The number of aliphatic hydroxyl groups excluding tert-OH is 2. The topological polar surface area (TPSA) is 157 Å². The molecule has 15 heteroatoms. The maximum absolute atomic E-state index is 15.0. The van der Waals surface area contributed by atoms with Gasteiger partial charge >= 0.3 is 6.09 Å². The molecule has 0 bridgehead atoms. The molecule has 0 radical (unpaired) electrons. The van der Waals surface area contributed by atoms with E-state index in [0.29, 0.717) is 25.2 Å². The number of pyridine rings is 2. The highest BCUT2D eigenvalue weighted by atomic mass is 28.4. The zero-order chi connectivity index (χ0) is 38.1. The van der Waals surface area contributed by atoms with E-state index in [1.54, 1.807) is 33.0 Å². The Kier molecular flexibility index (Phi) is 11.9. The minimum Gasteiger partial charge on any atom is -0.444 e. The number of amides is 2. The molecule has 1 saturated heterocycles. The van der Waals surface area contributed by atoms with Gasteiger partial charge in [0.05, 0.1) is 35.8 Å². The molecule has 0 spiro atoms. The summed E-state index contributed by atoms with van der Waals surface area (Å²) in [5, 5.41) is 24.4. The van der Waals surface area contributed by atoms with Crippen molar-refractivity contribution < 1.29 is 42.5 Å². The van der Waals surface area contributed by atoms with Crippen molar-refractivity contribution in [3.8, 4) is 11.3 Å². The maximum atomic E-state index is 15.0. The molecule has 1 unspecified atom stereocenters. The Bertz CT molecular complexity index is 1730. The van der Waals surface area contributed by atoms with E-state index in [4.69, 9.17) is 9.84 Å². The zero-order valence-electron chi connectivity index (χ0n) is 30.2. The summed E-state index contributed by atoms with van der Waals surface area (Å²) in [6.07, 6.45) is 1.52. The third-order valence-electron chi connectivity index (χ3n) is 9.60. The molecule has 278 valence electrons. The third-order valence-corrected chi connectivity index (χ3v) is 13.1. The average Bonchev–Trinajstić information content (AvgIpc) is 3.01. The molecule has 0 aliphatic carbocycles. The Balaban J connectivity index is 1.64. The monoisotopic (exact) mass is 731 g/mol. The van der Waals surface area contributed by atoms with Crippen molar-refractivity contribution in [2.75, 3.05) is 29.9 Å². The minimum atomic E-state index is -2.59. The van der Waals surface area contributed by atoms with Crippen molar-refractivity contribution in [3.05, 3.63) is 71.4 Å². The van der Waals surface area contributed by atoms with Gasteiger partial charge < -0.3 is 35.3 Å². The predicted octanol–water partition coefficient (Wildman–Crippen LogP) is 6.17. The number of piperidine rings is 1. The van der Waals surface area contributed by atoms with Crippen LogP contribution in [0.1, 0.15) is 70.1 Å². The molecule has 0 saturated carbocycles. The summed E-state index contributed by atoms with van der Waals surface area (Å²) in [6, 6.07) is 4.78. The summed E-state index contributed by atoms with van der Waals surface area (Å²) in [5.41, 5.74) is -2.05. The van der Waals surface area contributed by atoms with Crippen LogP contribution < -0.4 is 15.5 Å². The number of nitrogens with one attached hydrogen (secondary N) is 2. The number of ether oxygens (including phenoxy) is 1. The molecule has 2 amide bonds. The van der Waals surface area contributed by atoms with Crippen LogP contribution in [-0.2, 0) is 4.74 Å². The Hall–Kier alpha value is -4.05. The van der Waals surface area contributed by atoms with Crippen molar-refractivity contribution in [1.29, 1.82) is 0 Å². The van der Waals surface area contributed by atoms with Crippen LogP contribution in [0.4, 0.5) is 29.3 Å². The highest BCUT2D eigenvalue weighted by Crippen LogP contribution is 2.46. The molecule has 2 aromatic heterocycles. The largest absolute Gasteiger partial charge is 0.444 e. The lowest BCUT2D eigenvalue weighted by molar-refractivity contribution is 0.0457. The van der Waals surface area contributed by atoms with E-state index in [0.717, 1.165) is 24.3 Å². The van der Waals surface area contributed by atoms with E-state index in [1.165, 1.54) is 6.20 Å². The van der Waals surface area contributed by atoms with Gasteiger partial charge in [0.25, 0.3) is 5.91 Å². The second-order valence-electron chi connectivity index (χ2n) is 15.4. The summed E-state index contributed by atoms with van der Waals surface area (Å²) >= 11 is 0. The zero-order valence-corrected chi connectivity index (χ0v) is 31.2. The molecule has 1 aliphatic rings. The molecular weight excluding hydrogens is 684 g/mol. The predicted molar refractivity (Wildman–Crippen MR) is 190 cm³/mol. The van der Waals surface area contributed by atoms with Gasteiger partial charge in [0, 0.05) is 19.3 Å². The fraction of sp³-hybridized carbons (Fsp3) is 0.500. The molecule has 1 fully saturated rings. The van der Waals surface area contributed by atoms with Gasteiger partial charge in [0.2, 0.25) is 0 Å². The van der Waals surface area contributed by atoms with Crippen LogP contribution in [-0.4, -0.2) is 76.6 Å². The SMILES string of the molecule is C[C@H]1CN(c2ccncc2NC(=O)c2ccc(F)c(-c3c(F)cc([C@@H](O)CO)cc3F)n2)CC(NC(=O)OC(C)(C)C)[C@@H]1CC(C)(C)[Si](C)(C)O. The van der Waals surface area contributed by atoms with E-state index in [2.05, 4.69) is 27.5 Å². The minimum absolute atomic E-state index is 0.0158. The first kappa shape index (κ1) is 39.7. The fourth-order valence-electron chi connectivity index (χ4n) is 6.12. The standard InChI is InChI=1S/C36H48F3N5O6Si/c1-20-17-44(18-28(43-34(48)50-35(2,3)4)22(20)15-36(5,6)51(7,8)49)29-11-12-40-16-27(29)42-33(47)26-10-9-23(37)32(41-26)31-24(38)13-21(14-25(31)39)30(46)19-45/h9-14,16,20,22,28,30,45-46,49H,15,17-19H2,1-8H3,(H,42,47)(H,43,48)/t20-,22+,28?,30-/m0/s1. The number of anilines is 2. The molecule has 1 aliphatic heterocycles. The van der Waals surface area contributed by atoms with Gasteiger partial charge in [-0.15, -0.1) is 0 Å². The van der Waals surface area contributed by atoms with Crippen LogP contribution >= 0.6 is 0 Å². The van der Waals surface area contributed by atoms with Crippen LogP contribution in [0, 0.1) is 29.3 Å². The Morgan fingerprint density at radius 1 is 1.06 bits per heavy atom. The molecule has 4 rings (SSSR count). The summed E-state index contributed by atoms with van der Waals surface area (Å²) < 4.78 is 50.5. The van der Waals surface area contributed by atoms with Crippen molar-refractivity contribution in [2.45, 2.75) is 83.8 Å². The van der Waals surface area contributed by atoms with Crippen molar-refractivity contribution >= 4 is 31.7 Å². The van der Waals surface area contributed by atoms with Crippen LogP contribution in [0.3, 0.4) is 0 Å². The van der Waals surface area contributed by atoms with E-state index in [1.807, 2.05) is 31.8 Å². The Labute approximate surface area is 297 Å². The maximum Gasteiger partial charge on any atom is 0.407 e. The van der Waals surface area contributed by atoms with Crippen molar-refractivity contribution in [1.82, 2.24) is 15.3 Å². The number of alkyl carbamates (subject to hydrolysis) is 1. The van der Waals surface area contributed by atoms with Gasteiger partial charge in [-0.1, -0.05) is 20.8 Å². The summed E-state index contributed by atoms with van der Waals surface area (Å²) in [7, 11) is -2.59. The molecular formula is C36H48F3N5O6Si. The van der Waals surface area contributed by atoms with Crippen molar-refractivity contribution in [3.63, 3.8) is 0 Å². The lowest BCUT2D eigenvalue weighted by Crippen LogP contribution is -2.58. The number of hydrogen-bond donors (Lipinski definition) is 5. The lowest BCUT2D eigenvalue weighted by Gasteiger charge is -2.48. The summed E-state index contributed by atoms with van der Waals surface area (Å²) in [6.45, 7) is 15.4. The van der Waals surface area contributed by atoms with E-state index >= 15 is 8.78 Å². The van der Waals surface area contributed by atoms with Gasteiger partial charge in [-0.05, 0) is 93.1 Å². The normalized spacial score (nSPS) is 19.0. The van der Waals surface area contributed by atoms with Gasteiger partial charge in [-0.25, -0.2) is 22.9 Å². The molecule has 51 heavy (non-hydrogen) atoms. The average molecular weight is 732 g/mol. The lowest BCUT2D eigenvalue weighted by atomic mass is 9.77. The first-order valence-electron chi connectivity index (χ1n) is 16.8. The van der Waals surface area contributed by atoms with E-state index in [9.17, 15) is 23.9 Å². The third kappa shape index (κ3) is 9.44. The molecule has 3 aromatic rings. The number of benzene rings is 1. The number of rotatable bonds is 10. The number of carbonyl (C=O) groups is 2. The van der Waals surface area contributed by atoms with Crippen LogP contribution in [0.5, 0.6) is 0 Å². The first-order chi connectivity index (χ1) is 23.6. The summed E-state index contributed by atoms with van der Waals surface area (Å²) in [5.74, 6) is -4.37. The fourth-order valence-corrected chi connectivity index (χ4v) is 6.86. The molecule has 11 nitrogen and oxygen atoms in total. The smallest absolute Gasteiger partial charge is 0.407 e. The van der Waals surface area contributed by atoms with Crippen LogP contribution in [0.2, 0.25) is 18.1 Å². The van der Waals surface area contributed by atoms with Gasteiger partial charge in [-0.3, -0.25) is 9.78 Å². The first-order valence-corrected chi connectivity index (χ1v) is 19.7. The van der Waals surface area contributed by atoms with Crippen LogP contribution in [0.25, 0.3) is 11.3 Å². The van der Waals surface area contributed by atoms with E-state index in [-0.39, 0.29) is 33.8 Å². The molecule has 1 aromatic carbocycles. The van der Waals surface area contributed by atoms with Gasteiger partial charge in [0.1, 0.15) is 40.5 Å². The van der Waals surface area contributed by atoms with Gasteiger partial charge in [0.15, 0.2) is 8.32 Å². The second-order valence-corrected chi connectivity index (χ2v) is 19.8. The number of carbonyl (C=O) groups excluding carboxylic acids is 2.